The summed E-state index contributed by atoms with van der Waals surface area (Å²) in [5, 5.41) is 16.0. The molecule has 0 spiro atoms. The zero-order chi connectivity index (χ0) is 18.5. The quantitative estimate of drug-likeness (QED) is 0.716. The number of ether oxygens (including phenoxy) is 1. The Morgan fingerprint density at radius 3 is 2.96 bits per heavy atom. The lowest BCUT2D eigenvalue weighted by atomic mass is 10.2. The van der Waals surface area contributed by atoms with Crippen LogP contribution in [-0.4, -0.2) is 41.4 Å². The lowest BCUT2D eigenvalue weighted by Gasteiger charge is -2.09. The average molecular weight is 376 g/mol. The number of rotatable bonds is 7. The Hall–Kier alpha value is -2.32. The van der Waals surface area contributed by atoms with Crippen LogP contribution in [0.3, 0.4) is 0 Å². The summed E-state index contributed by atoms with van der Waals surface area (Å²) in [4.78, 5) is 24.9. The number of carboxylic acid groups (broad SMARTS) is 1. The molecule has 138 valence electrons. The highest BCUT2D eigenvalue weighted by atomic mass is 32.2. The lowest BCUT2D eigenvalue weighted by molar-refractivity contribution is 0.0684. The van der Waals surface area contributed by atoms with Gasteiger partial charge in [-0.15, -0.1) is 11.8 Å². The Morgan fingerprint density at radius 1 is 1.42 bits per heavy atom. The number of nitrogens with one attached hydrogen (secondary N) is 1. The number of hydrogen-bond donors (Lipinski definition) is 2. The molecule has 1 aromatic carbocycles. The molecule has 8 heteroatoms. The number of thioether (sulfide) groups is 1. The lowest BCUT2D eigenvalue weighted by Crippen LogP contribution is -2.32. The summed E-state index contributed by atoms with van der Waals surface area (Å²) >= 11 is 1.44. The van der Waals surface area contributed by atoms with Gasteiger partial charge in [0.1, 0.15) is 11.3 Å². The fourth-order valence-electron chi connectivity index (χ4n) is 2.75. The second kappa shape index (κ2) is 8.37. The molecular weight excluding hydrogens is 356 g/mol. The summed E-state index contributed by atoms with van der Waals surface area (Å²) in [6.45, 7) is 2.99. The minimum atomic E-state index is -1.23. The van der Waals surface area contributed by atoms with E-state index in [2.05, 4.69) is 10.5 Å². The molecule has 7 nitrogen and oxygen atoms in total. The Balaban J connectivity index is 1.68. The largest absolute Gasteiger partial charge is 0.477 e. The van der Waals surface area contributed by atoms with Crippen molar-refractivity contribution in [2.75, 3.05) is 13.2 Å². The van der Waals surface area contributed by atoms with Crippen LogP contribution in [0.5, 0.6) is 0 Å². The number of carbonyl (C=O) groups is 2. The first-order valence-corrected chi connectivity index (χ1v) is 9.34. The number of carbonyl (C=O) groups excluding carboxylic acids is 1. The van der Waals surface area contributed by atoms with Crippen molar-refractivity contribution >= 4 is 23.6 Å². The van der Waals surface area contributed by atoms with E-state index in [-0.39, 0.29) is 23.1 Å². The number of carboxylic acids is 1. The monoisotopic (exact) mass is 376 g/mol. The van der Waals surface area contributed by atoms with E-state index in [1.54, 1.807) is 0 Å². The van der Waals surface area contributed by atoms with E-state index in [9.17, 15) is 14.7 Å². The SMILES string of the molecule is Cc1cccc(SCc2noc(C(=O)NCC3CCCO3)c2C(=O)O)c1. The minimum absolute atomic E-state index is 0.0357. The summed E-state index contributed by atoms with van der Waals surface area (Å²) in [6, 6.07) is 7.86. The van der Waals surface area contributed by atoms with Gasteiger partial charge < -0.3 is 19.7 Å². The first-order valence-electron chi connectivity index (χ1n) is 8.35. The molecule has 1 fully saturated rings. The third kappa shape index (κ3) is 4.44. The van der Waals surface area contributed by atoms with Gasteiger partial charge in [0.15, 0.2) is 0 Å². The van der Waals surface area contributed by atoms with Gasteiger partial charge in [-0.05, 0) is 31.9 Å². The molecule has 0 aliphatic carbocycles. The Bertz CT molecular complexity index is 799. The molecule has 0 radical (unpaired) electrons. The van der Waals surface area contributed by atoms with Crippen LogP contribution < -0.4 is 5.32 Å². The van der Waals surface area contributed by atoms with Crippen molar-refractivity contribution in [1.82, 2.24) is 10.5 Å². The van der Waals surface area contributed by atoms with Crippen LogP contribution in [0.15, 0.2) is 33.7 Å². The molecule has 26 heavy (non-hydrogen) atoms. The molecule has 2 aromatic rings. The van der Waals surface area contributed by atoms with Gasteiger partial charge >= 0.3 is 5.97 Å². The van der Waals surface area contributed by atoms with Gasteiger partial charge in [0, 0.05) is 23.8 Å². The fourth-order valence-corrected chi connectivity index (χ4v) is 3.69. The van der Waals surface area contributed by atoms with Crippen molar-refractivity contribution in [2.45, 2.75) is 36.5 Å². The number of nitrogens with zero attached hydrogens (tertiary/aromatic N) is 1. The van der Waals surface area contributed by atoms with Crippen molar-refractivity contribution in [1.29, 1.82) is 0 Å². The van der Waals surface area contributed by atoms with Crippen molar-refractivity contribution in [3.05, 3.63) is 46.8 Å². The van der Waals surface area contributed by atoms with Crippen LogP contribution in [-0.2, 0) is 10.5 Å². The second-order valence-electron chi connectivity index (χ2n) is 6.09. The van der Waals surface area contributed by atoms with Gasteiger partial charge in [-0.1, -0.05) is 22.9 Å². The maximum atomic E-state index is 12.3. The zero-order valence-electron chi connectivity index (χ0n) is 14.4. The maximum absolute atomic E-state index is 12.3. The van der Waals surface area contributed by atoms with Crippen molar-refractivity contribution in [2.24, 2.45) is 0 Å². The number of aromatic nitrogens is 1. The number of benzene rings is 1. The molecule has 3 rings (SSSR count). The molecule has 1 aliphatic heterocycles. The average Bonchev–Trinajstić information content (AvgIpc) is 3.27. The Labute approximate surface area is 155 Å². The van der Waals surface area contributed by atoms with Crippen molar-refractivity contribution < 1.29 is 24.0 Å². The first kappa shape index (κ1) is 18.5. The van der Waals surface area contributed by atoms with E-state index in [0.29, 0.717) is 18.9 Å². The number of hydrogen-bond acceptors (Lipinski definition) is 6. The molecule has 1 unspecified atom stereocenters. The highest BCUT2D eigenvalue weighted by Crippen LogP contribution is 2.26. The molecule has 1 amide bonds. The fraction of sp³-hybridized carbons (Fsp3) is 0.389. The van der Waals surface area contributed by atoms with E-state index >= 15 is 0 Å². The molecule has 1 atom stereocenters. The molecule has 2 N–H and O–H groups in total. The van der Waals surface area contributed by atoms with Crippen LogP contribution >= 0.6 is 11.8 Å². The number of amides is 1. The second-order valence-corrected chi connectivity index (χ2v) is 7.14. The van der Waals surface area contributed by atoms with E-state index in [1.165, 1.54) is 11.8 Å². The molecule has 1 aromatic heterocycles. The maximum Gasteiger partial charge on any atom is 0.341 e. The standard InChI is InChI=1S/C18H20N2O5S/c1-11-4-2-6-13(8-11)26-10-14-15(18(22)23)16(25-20-14)17(21)19-9-12-5-3-7-24-12/h2,4,6,8,12H,3,5,7,9-10H2,1H3,(H,19,21)(H,22,23). The Kier molecular flexibility index (Phi) is 5.95. The van der Waals surface area contributed by atoms with Crippen LogP contribution in [0.4, 0.5) is 0 Å². The topological polar surface area (TPSA) is 102 Å². The molecule has 2 heterocycles. The predicted molar refractivity (Wildman–Crippen MR) is 95.5 cm³/mol. The normalized spacial score (nSPS) is 16.6. The van der Waals surface area contributed by atoms with Gasteiger partial charge in [-0.2, -0.15) is 0 Å². The van der Waals surface area contributed by atoms with Crippen LogP contribution in [0.25, 0.3) is 0 Å². The molecule has 0 saturated carbocycles. The summed E-state index contributed by atoms with van der Waals surface area (Å²) in [7, 11) is 0. The molecule has 1 aliphatic rings. The number of aromatic carboxylic acids is 1. The van der Waals surface area contributed by atoms with Crippen LogP contribution in [0.1, 0.15) is 45.0 Å². The van der Waals surface area contributed by atoms with Crippen molar-refractivity contribution in [3.63, 3.8) is 0 Å². The predicted octanol–water partition coefficient (Wildman–Crippen LogP) is 2.88. The van der Waals surface area contributed by atoms with E-state index in [4.69, 9.17) is 9.26 Å². The minimum Gasteiger partial charge on any atom is -0.477 e. The van der Waals surface area contributed by atoms with E-state index < -0.39 is 11.9 Å². The summed E-state index contributed by atoms with van der Waals surface area (Å²) in [6.07, 6.45) is 1.80. The van der Waals surface area contributed by atoms with Crippen LogP contribution in [0.2, 0.25) is 0 Å². The van der Waals surface area contributed by atoms with Gasteiger partial charge in [-0.25, -0.2) is 4.79 Å². The molecular formula is C18H20N2O5S. The number of aryl methyl sites for hydroxylation is 1. The van der Waals surface area contributed by atoms with Gasteiger partial charge in [0.05, 0.1) is 6.10 Å². The van der Waals surface area contributed by atoms with E-state index in [0.717, 1.165) is 23.3 Å². The third-order valence-electron chi connectivity index (χ3n) is 4.06. The third-order valence-corrected chi connectivity index (χ3v) is 5.07. The zero-order valence-corrected chi connectivity index (χ0v) is 15.2. The van der Waals surface area contributed by atoms with Crippen LogP contribution in [0, 0.1) is 6.92 Å². The highest BCUT2D eigenvalue weighted by Gasteiger charge is 2.28. The smallest absolute Gasteiger partial charge is 0.341 e. The summed E-state index contributed by atoms with van der Waals surface area (Å²) in [5.74, 6) is -1.78. The van der Waals surface area contributed by atoms with Gasteiger partial charge in [0.25, 0.3) is 5.91 Å². The van der Waals surface area contributed by atoms with Gasteiger partial charge in [0.2, 0.25) is 5.76 Å². The highest BCUT2D eigenvalue weighted by molar-refractivity contribution is 7.98. The molecule has 0 bridgehead atoms. The first-order chi connectivity index (χ1) is 12.5. The Morgan fingerprint density at radius 2 is 2.27 bits per heavy atom. The van der Waals surface area contributed by atoms with Gasteiger partial charge in [-0.3, -0.25) is 4.79 Å². The summed E-state index contributed by atoms with van der Waals surface area (Å²) < 4.78 is 10.5. The van der Waals surface area contributed by atoms with Crippen molar-refractivity contribution in [3.8, 4) is 0 Å². The molecule has 1 saturated heterocycles. The summed E-state index contributed by atoms with van der Waals surface area (Å²) in [5.41, 5.74) is 1.17. The van der Waals surface area contributed by atoms with E-state index in [1.807, 2.05) is 31.2 Å².